The van der Waals surface area contributed by atoms with Crippen LogP contribution in [0.15, 0.2) is 30.0 Å². The van der Waals surface area contributed by atoms with Crippen molar-refractivity contribution in [2.45, 2.75) is 33.0 Å². The molecule has 0 aliphatic carbocycles. The number of piperazine rings is 1. The number of cyclic esters (lactones) is 2. The number of esters is 2. The minimum Gasteiger partial charge on any atom is -0.419 e. The molecule has 1 amide bonds. The fourth-order valence-corrected chi connectivity index (χ4v) is 3.42. The Bertz CT molecular complexity index is 838. The van der Waals surface area contributed by atoms with E-state index in [0.717, 1.165) is 5.69 Å². The van der Waals surface area contributed by atoms with E-state index in [9.17, 15) is 14.4 Å². The van der Waals surface area contributed by atoms with Gasteiger partial charge in [-0.2, -0.15) is 0 Å². The van der Waals surface area contributed by atoms with Gasteiger partial charge in [0.15, 0.2) is 5.57 Å². The van der Waals surface area contributed by atoms with E-state index in [0.29, 0.717) is 43.3 Å². The Labute approximate surface area is 174 Å². The van der Waals surface area contributed by atoms with E-state index < -0.39 is 17.7 Å². The second-order valence-corrected chi connectivity index (χ2v) is 7.70. The number of anilines is 2. The molecular formula is C20H24ClN3O5. The molecule has 29 heavy (non-hydrogen) atoms. The van der Waals surface area contributed by atoms with Crippen LogP contribution in [0.2, 0.25) is 5.02 Å². The highest BCUT2D eigenvalue weighted by Crippen LogP contribution is 2.31. The van der Waals surface area contributed by atoms with E-state index >= 15 is 0 Å². The average Bonchev–Trinajstić information content (AvgIpc) is 2.66. The maximum absolute atomic E-state index is 12.1. The summed E-state index contributed by atoms with van der Waals surface area (Å²) in [6.07, 6.45) is 1.76. The molecule has 2 aliphatic heterocycles. The van der Waals surface area contributed by atoms with Crippen LogP contribution in [0, 0.1) is 0 Å². The number of carbonyl (C=O) groups excluding carboxylic acids is 3. The van der Waals surface area contributed by atoms with E-state index in [1.807, 2.05) is 17.9 Å². The number of hydrogen-bond donors (Lipinski definition) is 1. The number of ether oxygens (including phenoxy) is 2. The van der Waals surface area contributed by atoms with Gasteiger partial charge < -0.3 is 24.6 Å². The molecule has 2 saturated heterocycles. The van der Waals surface area contributed by atoms with Crippen molar-refractivity contribution in [2.24, 2.45) is 0 Å². The van der Waals surface area contributed by atoms with Gasteiger partial charge >= 0.3 is 11.9 Å². The van der Waals surface area contributed by atoms with Gasteiger partial charge in [-0.05, 0) is 18.2 Å². The number of benzene rings is 1. The lowest BCUT2D eigenvalue weighted by Gasteiger charge is -2.37. The molecular weight excluding hydrogens is 398 g/mol. The first kappa shape index (κ1) is 21.0. The molecule has 0 unspecified atom stereocenters. The van der Waals surface area contributed by atoms with Crippen LogP contribution in [0.1, 0.15) is 27.2 Å². The molecule has 1 aromatic rings. The Morgan fingerprint density at radius 1 is 1.17 bits per heavy atom. The van der Waals surface area contributed by atoms with Crippen LogP contribution in [0.3, 0.4) is 0 Å². The Balaban J connectivity index is 1.77. The normalized spacial score (nSPS) is 18.8. The van der Waals surface area contributed by atoms with Gasteiger partial charge in [0.25, 0.3) is 5.79 Å². The maximum atomic E-state index is 12.1. The summed E-state index contributed by atoms with van der Waals surface area (Å²) in [5.74, 6) is -2.66. The molecule has 2 aliphatic rings. The molecule has 156 valence electrons. The van der Waals surface area contributed by atoms with Crippen LogP contribution in [0.5, 0.6) is 0 Å². The van der Waals surface area contributed by atoms with E-state index in [2.05, 4.69) is 10.2 Å². The van der Waals surface area contributed by atoms with Crippen LogP contribution in [0.4, 0.5) is 11.4 Å². The number of hydrogen-bond acceptors (Lipinski definition) is 7. The lowest BCUT2D eigenvalue weighted by Crippen LogP contribution is -2.48. The molecule has 2 heterocycles. The Morgan fingerprint density at radius 3 is 2.38 bits per heavy atom. The van der Waals surface area contributed by atoms with Crippen LogP contribution >= 0.6 is 11.6 Å². The molecule has 2 fully saturated rings. The van der Waals surface area contributed by atoms with Crippen molar-refractivity contribution in [3.05, 3.63) is 35.0 Å². The first-order valence-corrected chi connectivity index (χ1v) is 9.83. The number of nitrogens with one attached hydrogen (secondary N) is 1. The third-order valence-corrected chi connectivity index (χ3v) is 4.96. The zero-order valence-corrected chi connectivity index (χ0v) is 17.4. The predicted octanol–water partition coefficient (Wildman–Crippen LogP) is 2.53. The molecule has 0 bridgehead atoms. The van der Waals surface area contributed by atoms with Gasteiger partial charge in [0.2, 0.25) is 5.91 Å². The summed E-state index contributed by atoms with van der Waals surface area (Å²) in [5, 5.41) is 3.49. The molecule has 0 saturated carbocycles. The highest BCUT2D eigenvalue weighted by molar-refractivity contribution is 6.31. The summed E-state index contributed by atoms with van der Waals surface area (Å²) in [5.41, 5.74) is 1.26. The molecule has 3 rings (SSSR count). The van der Waals surface area contributed by atoms with Crippen LogP contribution in [0.25, 0.3) is 0 Å². The second-order valence-electron chi connectivity index (χ2n) is 7.26. The van der Waals surface area contributed by atoms with Gasteiger partial charge in [0, 0.05) is 57.7 Å². The molecule has 0 atom stereocenters. The number of amides is 1. The van der Waals surface area contributed by atoms with Gasteiger partial charge in [0.05, 0.1) is 11.4 Å². The molecule has 9 heteroatoms. The first-order chi connectivity index (χ1) is 13.7. The fourth-order valence-electron chi connectivity index (χ4n) is 3.25. The Hall–Kier alpha value is -2.74. The van der Waals surface area contributed by atoms with Gasteiger partial charge in [-0.3, -0.25) is 4.79 Å². The lowest BCUT2D eigenvalue weighted by molar-refractivity contribution is -0.222. The van der Waals surface area contributed by atoms with Crippen molar-refractivity contribution in [1.82, 2.24) is 4.90 Å². The Kier molecular flexibility index (Phi) is 6.02. The average molecular weight is 422 g/mol. The third-order valence-electron chi connectivity index (χ3n) is 4.72. The van der Waals surface area contributed by atoms with Crippen molar-refractivity contribution < 1.29 is 23.9 Å². The largest absolute Gasteiger partial charge is 0.419 e. The lowest BCUT2D eigenvalue weighted by atomic mass is 10.2. The Morgan fingerprint density at radius 2 is 1.79 bits per heavy atom. The zero-order valence-electron chi connectivity index (χ0n) is 16.7. The number of carbonyl (C=O) groups is 3. The van der Waals surface area contributed by atoms with Crippen molar-refractivity contribution >= 4 is 40.8 Å². The van der Waals surface area contributed by atoms with E-state index in [-0.39, 0.29) is 11.5 Å². The molecule has 0 aromatic heterocycles. The molecule has 1 N–H and O–H groups in total. The molecule has 0 radical (unpaired) electrons. The van der Waals surface area contributed by atoms with E-state index in [1.165, 1.54) is 20.0 Å². The van der Waals surface area contributed by atoms with E-state index in [4.69, 9.17) is 21.1 Å². The van der Waals surface area contributed by atoms with Crippen LogP contribution in [-0.2, 0) is 23.9 Å². The SMILES string of the molecule is CCC(=O)N1CCN(c2ccc(Cl)cc2NC=C2C(=O)OC(C)(C)OC2=O)CC1. The minimum atomic E-state index is -1.29. The maximum Gasteiger partial charge on any atom is 0.350 e. The topological polar surface area (TPSA) is 88.2 Å². The monoisotopic (exact) mass is 421 g/mol. The van der Waals surface area contributed by atoms with Crippen molar-refractivity contribution in [2.75, 3.05) is 36.4 Å². The summed E-state index contributed by atoms with van der Waals surface area (Å²) in [7, 11) is 0. The van der Waals surface area contributed by atoms with Crippen molar-refractivity contribution in [3.63, 3.8) is 0 Å². The summed E-state index contributed by atoms with van der Waals surface area (Å²) in [6, 6.07) is 5.34. The third kappa shape index (κ3) is 4.82. The van der Waals surface area contributed by atoms with Crippen molar-refractivity contribution in [1.29, 1.82) is 0 Å². The van der Waals surface area contributed by atoms with Gasteiger partial charge in [-0.15, -0.1) is 0 Å². The van der Waals surface area contributed by atoms with Gasteiger partial charge in [0.1, 0.15) is 0 Å². The highest BCUT2D eigenvalue weighted by Gasteiger charge is 2.39. The summed E-state index contributed by atoms with van der Waals surface area (Å²) in [6.45, 7) is 7.42. The molecule has 8 nitrogen and oxygen atoms in total. The second kappa shape index (κ2) is 8.32. The first-order valence-electron chi connectivity index (χ1n) is 9.46. The highest BCUT2D eigenvalue weighted by atomic mass is 35.5. The quantitative estimate of drug-likeness (QED) is 0.454. The zero-order chi connectivity index (χ0) is 21.2. The number of rotatable bonds is 4. The molecule has 0 spiro atoms. The number of halogens is 1. The van der Waals surface area contributed by atoms with Gasteiger partial charge in [-0.25, -0.2) is 9.59 Å². The van der Waals surface area contributed by atoms with Crippen LogP contribution in [-0.4, -0.2) is 54.7 Å². The van der Waals surface area contributed by atoms with Gasteiger partial charge in [-0.1, -0.05) is 18.5 Å². The summed E-state index contributed by atoms with van der Waals surface area (Å²) in [4.78, 5) is 40.1. The van der Waals surface area contributed by atoms with Crippen molar-refractivity contribution in [3.8, 4) is 0 Å². The van der Waals surface area contributed by atoms with E-state index in [1.54, 1.807) is 12.1 Å². The molecule has 1 aromatic carbocycles. The number of nitrogens with zero attached hydrogens (tertiary/aromatic N) is 2. The predicted molar refractivity (Wildman–Crippen MR) is 109 cm³/mol. The minimum absolute atomic E-state index is 0.140. The standard InChI is InChI=1S/C20H24ClN3O5/c1-4-17(25)24-9-7-23(8-10-24)16-6-5-13(21)11-15(16)22-12-14-18(26)28-20(2,3)29-19(14)27/h5-6,11-12,22H,4,7-10H2,1-3H3. The summed E-state index contributed by atoms with van der Waals surface area (Å²) < 4.78 is 10.2. The summed E-state index contributed by atoms with van der Waals surface area (Å²) >= 11 is 6.14. The van der Waals surface area contributed by atoms with Crippen LogP contribution < -0.4 is 10.2 Å². The fraction of sp³-hybridized carbons (Fsp3) is 0.450. The smallest absolute Gasteiger partial charge is 0.350 e.